The Morgan fingerprint density at radius 1 is 0.870 bits per heavy atom. The fourth-order valence-corrected chi connectivity index (χ4v) is 1.73. The van der Waals surface area contributed by atoms with E-state index in [1.165, 1.54) is 18.2 Å². The van der Waals surface area contributed by atoms with Crippen LogP contribution in [-0.4, -0.2) is 17.0 Å². The number of anilines is 1. The molecule has 0 aliphatic heterocycles. The van der Waals surface area contributed by atoms with Crippen molar-refractivity contribution in [2.24, 2.45) is 0 Å². The molecule has 0 aliphatic rings. The molecule has 9 heteroatoms. The number of hydrogen-bond acceptors (Lipinski definition) is 2. The van der Waals surface area contributed by atoms with Crippen molar-refractivity contribution in [1.29, 1.82) is 0 Å². The Kier molecular flexibility index (Phi) is 4.30. The summed E-state index contributed by atoms with van der Waals surface area (Å²) in [4.78, 5) is 22.5. The van der Waals surface area contributed by atoms with Crippen molar-refractivity contribution in [1.82, 2.24) is 0 Å². The monoisotopic (exact) mass is 331 g/mol. The summed E-state index contributed by atoms with van der Waals surface area (Å²) in [5.74, 6) is -14.4. The number of carboxylic acids is 1. The maximum Gasteiger partial charge on any atom is 0.335 e. The topological polar surface area (TPSA) is 66.4 Å². The van der Waals surface area contributed by atoms with Crippen molar-refractivity contribution in [3.63, 3.8) is 0 Å². The molecule has 2 aromatic carbocycles. The Bertz CT molecular complexity index is 793. The molecule has 0 bridgehead atoms. The van der Waals surface area contributed by atoms with Gasteiger partial charge in [-0.05, 0) is 18.2 Å². The second-order valence-corrected chi connectivity index (χ2v) is 4.28. The zero-order valence-corrected chi connectivity index (χ0v) is 11.0. The first-order chi connectivity index (χ1) is 10.7. The van der Waals surface area contributed by atoms with E-state index in [1.807, 2.05) is 5.32 Å². The maximum absolute atomic E-state index is 13.5. The number of carboxylic acid groups (broad SMARTS) is 1. The lowest BCUT2D eigenvalue weighted by atomic mass is 10.1. The maximum atomic E-state index is 13.5. The molecule has 2 rings (SSSR count). The van der Waals surface area contributed by atoms with Gasteiger partial charge in [-0.15, -0.1) is 0 Å². The van der Waals surface area contributed by atoms with Crippen LogP contribution in [0.3, 0.4) is 0 Å². The van der Waals surface area contributed by atoms with Gasteiger partial charge in [-0.3, -0.25) is 4.79 Å². The quantitative estimate of drug-likeness (QED) is 0.515. The van der Waals surface area contributed by atoms with Crippen LogP contribution in [0.2, 0.25) is 0 Å². The Hall–Kier alpha value is -2.97. The Morgan fingerprint density at radius 3 is 1.91 bits per heavy atom. The molecule has 0 atom stereocenters. The summed E-state index contributed by atoms with van der Waals surface area (Å²) in [5, 5.41) is 10.6. The van der Waals surface area contributed by atoms with Crippen LogP contribution in [0.1, 0.15) is 20.7 Å². The number of rotatable bonds is 3. The van der Waals surface area contributed by atoms with E-state index in [-0.39, 0.29) is 11.3 Å². The van der Waals surface area contributed by atoms with Crippen molar-refractivity contribution >= 4 is 17.6 Å². The SMILES string of the molecule is O=C(O)c1cccc(NC(=O)c2c(F)c(F)c(F)c(F)c2F)c1. The van der Waals surface area contributed by atoms with Crippen molar-refractivity contribution in [2.45, 2.75) is 0 Å². The van der Waals surface area contributed by atoms with Gasteiger partial charge in [0.2, 0.25) is 5.82 Å². The number of aromatic carboxylic acids is 1. The number of carbonyl (C=O) groups excluding carboxylic acids is 1. The minimum absolute atomic E-state index is 0.196. The third-order valence-electron chi connectivity index (χ3n) is 2.80. The van der Waals surface area contributed by atoms with Gasteiger partial charge < -0.3 is 10.4 Å². The number of nitrogens with one attached hydrogen (secondary N) is 1. The number of amides is 1. The van der Waals surface area contributed by atoms with Crippen LogP contribution in [0.15, 0.2) is 24.3 Å². The van der Waals surface area contributed by atoms with Crippen LogP contribution in [0, 0.1) is 29.1 Å². The van der Waals surface area contributed by atoms with E-state index in [1.54, 1.807) is 0 Å². The van der Waals surface area contributed by atoms with Gasteiger partial charge in [0.25, 0.3) is 5.91 Å². The van der Waals surface area contributed by atoms with E-state index in [0.717, 1.165) is 6.07 Å². The van der Waals surface area contributed by atoms with Gasteiger partial charge in [-0.1, -0.05) is 6.07 Å². The van der Waals surface area contributed by atoms with E-state index in [9.17, 15) is 31.5 Å². The molecule has 0 heterocycles. The summed E-state index contributed by atoms with van der Waals surface area (Å²) in [6.07, 6.45) is 0. The van der Waals surface area contributed by atoms with Gasteiger partial charge in [0.15, 0.2) is 23.3 Å². The lowest BCUT2D eigenvalue weighted by Crippen LogP contribution is -2.19. The lowest BCUT2D eigenvalue weighted by Gasteiger charge is -2.09. The van der Waals surface area contributed by atoms with Crippen LogP contribution < -0.4 is 5.32 Å². The molecule has 0 saturated heterocycles. The van der Waals surface area contributed by atoms with Crippen molar-refractivity contribution < 1.29 is 36.6 Å². The van der Waals surface area contributed by atoms with E-state index in [4.69, 9.17) is 5.11 Å². The highest BCUT2D eigenvalue weighted by atomic mass is 19.2. The summed E-state index contributed by atoms with van der Waals surface area (Å²) in [5.41, 5.74) is -2.11. The predicted octanol–water partition coefficient (Wildman–Crippen LogP) is 3.33. The van der Waals surface area contributed by atoms with Crippen molar-refractivity contribution in [2.75, 3.05) is 5.32 Å². The molecule has 0 aliphatic carbocycles. The minimum atomic E-state index is -2.38. The van der Waals surface area contributed by atoms with E-state index in [2.05, 4.69) is 0 Å². The predicted molar refractivity (Wildman–Crippen MR) is 67.6 cm³/mol. The standard InChI is InChI=1S/C14H6F5NO3/c15-8-7(9(16)11(18)12(19)10(8)17)13(21)20-6-3-1-2-5(4-6)14(22)23/h1-4H,(H,20,21)(H,22,23). The summed E-state index contributed by atoms with van der Waals surface area (Å²) >= 11 is 0. The molecule has 0 unspecified atom stereocenters. The van der Waals surface area contributed by atoms with Gasteiger partial charge in [0.05, 0.1) is 5.56 Å². The first-order valence-electron chi connectivity index (χ1n) is 5.90. The number of halogens is 5. The van der Waals surface area contributed by atoms with Gasteiger partial charge >= 0.3 is 5.97 Å². The Balaban J connectivity index is 2.43. The lowest BCUT2D eigenvalue weighted by molar-refractivity contribution is 0.0696. The number of carbonyl (C=O) groups is 2. The highest BCUT2D eigenvalue weighted by Gasteiger charge is 2.29. The third-order valence-corrected chi connectivity index (χ3v) is 2.80. The van der Waals surface area contributed by atoms with E-state index < -0.39 is 46.5 Å². The van der Waals surface area contributed by atoms with E-state index in [0.29, 0.717) is 0 Å². The molecule has 1 amide bonds. The molecule has 4 nitrogen and oxygen atoms in total. The number of hydrogen-bond donors (Lipinski definition) is 2. The van der Waals surface area contributed by atoms with Crippen molar-refractivity contribution in [3.8, 4) is 0 Å². The van der Waals surface area contributed by atoms with Crippen LogP contribution in [0.25, 0.3) is 0 Å². The molecule has 23 heavy (non-hydrogen) atoms. The second-order valence-electron chi connectivity index (χ2n) is 4.28. The fourth-order valence-electron chi connectivity index (χ4n) is 1.73. The van der Waals surface area contributed by atoms with Gasteiger partial charge in [0, 0.05) is 5.69 Å². The van der Waals surface area contributed by atoms with Gasteiger partial charge in [-0.25, -0.2) is 26.7 Å². The molecule has 0 saturated carbocycles. The molecule has 2 N–H and O–H groups in total. The minimum Gasteiger partial charge on any atom is -0.478 e. The van der Waals surface area contributed by atoms with Crippen molar-refractivity contribution in [3.05, 3.63) is 64.5 Å². The first kappa shape index (κ1) is 16.4. The van der Waals surface area contributed by atoms with Crippen LogP contribution in [0.5, 0.6) is 0 Å². The summed E-state index contributed by atoms with van der Waals surface area (Å²) in [6.45, 7) is 0. The Labute approximate surface area is 125 Å². The van der Waals surface area contributed by atoms with Gasteiger partial charge in [0.1, 0.15) is 5.56 Å². The molecule has 0 spiro atoms. The molecule has 0 aromatic heterocycles. The van der Waals surface area contributed by atoms with E-state index >= 15 is 0 Å². The third kappa shape index (κ3) is 2.98. The highest BCUT2D eigenvalue weighted by molar-refractivity contribution is 6.05. The molecule has 0 radical (unpaired) electrons. The summed E-state index contributed by atoms with van der Waals surface area (Å²) in [6, 6.07) is 4.52. The molecule has 0 fully saturated rings. The molecular formula is C14H6F5NO3. The first-order valence-corrected chi connectivity index (χ1v) is 5.90. The summed E-state index contributed by atoms with van der Waals surface area (Å²) in [7, 11) is 0. The highest BCUT2D eigenvalue weighted by Crippen LogP contribution is 2.24. The zero-order chi connectivity index (χ0) is 17.3. The number of benzene rings is 2. The average molecular weight is 331 g/mol. The van der Waals surface area contributed by atoms with Gasteiger partial charge in [-0.2, -0.15) is 0 Å². The molecule has 2 aromatic rings. The second kappa shape index (κ2) is 6.03. The molecule has 120 valence electrons. The van der Waals surface area contributed by atoms with Crippen LogP contribution >= 0.6 is 0 Å². The normalized spacial score (nSPS) is 10.5. The average Bonchev–Trinajstić information content (AvgIpc) is 2.51. The van der Waals surface area contributed by atoms with Crippen LogP contribution in [0.4, 0.5) is 27.6 Å². The molecular weight excluding hydrogens is 325 g/mol. The zero-order valence-electron chi connectivity index (χ0n) is 11.0. The van der Waals surface area contributed by atoms with Crippen LogP contribution in [-0.2, 0) is 0 Å². The fraction of sp³-hybridized carbons (Fsp3) is 0. The Morgan fingerprint density at radius 2 is 1.39 bits per heavy atom. The smallest absolute Gasteiger partial charge is 0.335 e. The summed E-state index contributed by atoms with van der Waals surface area (Å²) < 4.78 is 66.0. The largest absolute Gasteiger partial charge is 0.478 e.